The molecule has 90 valence electrons. The Labute approximate surface area is 101 Å². The number of ether oxygens (including phenoxy) is 1. The van der Waals surface area contributed by atoms with Crippen LogP contribution in [0.25, 0.3) is 0 Å². The molecule has 0 bridgehead atoms. The number of hydrogen-bond acceptors (Lipinski definition) is 5. The monoisotopic (exact) mass is 241 g/mol. The lowest BCUT2D eigenvalue weighted by atomic mass is 10.3. The van der Waals surface area contributed by atoms with E-state index in [-0.39, 0.29) is 0 Å². The van der Waals surface area contributed by atoms with Crippen LogP contribution in [0.4, 0.5) is 5.95 Å². The van der Waals surface area contributed by atoms with Gasteiger partial charge in [-0.3, -0.25) is 0 Å². The van der Waals surface area contributed by atoms with Crippen LogP contribution in [-0.2, 0) is 0 Å². The Kier molecular flexibility index (Phi) is 6.00. The maximum atomic E-state index is 5.30. The average Bonchev–Trinajstić information content (AvgIpc) is 2.30. The van der Waals surface area contributed by atoms with E-state index in [0.717, 1.165) is 13.0 Å². The first-order valence-corrected chi connectivity index (χ1v) is 6.77. The first kappa shape index (κ1) is 13.1. The molecule has 0 amide bonds. The van der Waals surface area contributed by atoms with Gasteiger partial charge in [0.2, 0.25) is 11.8 Å². The lowest BCUT2D eigenvalue weighted by Crippen LogP contribution is -2.10. The zero-order valence-corrected chi connectivity index (χ0v) is 10.9. The predicted molar refractivity (Wildman–Crippen MR) is 69.3 cm³/mol. The van der Waals surface area contributed by atoms with Crippen molar-refractivity contribution in [2.75, 3.05) is 24.7 Å². The summed E-state index contributed by atoms with van der Waals surface area (Å²) in [7, 11) is 0. The van der Waals surface area contributed by atoms with Gasteiger partial charge in [0, 0.05) is 24.1 Å². The van der Waals surface area contributed by atoms with Crippen LogP contribution in [0, 0.1) is 0 Å². The molecule has 1 N–H and O–H groups in total. The van der Waals surface area contributed by atoms with Gasteiger partial charge in [-0.15, -0.1) is 0 Å². The van der Waals surface area contributed by atoms with Crippen LogP contribution < -0.4 is 10.1 Å². The fraction of sp³-hybridized carbons (Fsp3) is 0.636. The molecule has 0 spiro atoms. The third-order valence-electron chi connectivity index (χ3n) is 2.16. The Hall–Kier alpha value is -0.970. The maximum absolute atomic E-state index is 5.30. The minimum atomic E-state index is 0.623. The van der Waals surface area contributed by atoms with E-state index in [1.165, 1.54) is 0 Å². The molecule has 0 radical (unpaired) electrons. The first-order valence-electron chi connectivity index (χ1n) is 5.48. The van der Waals surface area contributed by atoms with Gasteiger partial charge in [-0.2, -0.15) is 16.7 Å². The molecule has 0 fully saturated rings. The van der Waals surface area contributed by atoms with Crippen molar-refractivity contribution < 1.29 is 4.74 Å². The highest BCUT2D eigenvalue weighted by Crippen LogP contribution is 2.11. The first-order chi connectivity index (χ1) is 7.76. The Morgan fingerprint density at radius 3 is 3.06 bits per heavy atom. The summed E-state index contributed by atoms with van der Waals surface area (Å²) in [5, 5.41) is 3.85. The number of thioether (sulfide) groups is 1. The molecule has 0 aliphatic rings. The van der Waals surface area contributed by atoms with Gasteiger partial charge in [-0.25, -0.2) is 4.98 Å². The highest BCUT2D eigenvalue weighted by atomic mass is 32.2. The molecule has 1 aromatic rings. The molecule has 1 heterocycles. The number of hydrogen-bond donors (Lipinski definition) is 1. The van der Waals surface area contributed by atoms with Crippen molar-refractivity contribution in [1.82, 2.24) is 9.97 Å². The molecule has 0 aromatic carbocycles. The zero-order chi connectivity index (χ0) is 11.8. The minimum absolute atomic E-state index is 0.623. The number of nitrogens with one attached hydrogen (secondary N) is 1. The topological polar surface area (TPSA) is 47.0 Å². The number of aromatic nitrogens is 2. The van der Waals surface area contributed by atoms with Crippen LogP contribution in [0.15, 0.2) is 12.3 Å². The van der Waals surface area contributed by atoms with Gasteiger partial charge in [0.1, 0.15) is 0 Å². The van der Waals surface area contributed by atoms with Crippen molar-refractivity contribution in [1.29, 1.82) is 0 Å². The van der Waals surface area contributed by atoms with E-state index in [1.54, 1.807) is 12.3 Å². The second kappa shape index (κ2) is 7.33. The van der Waals surface area contributed by atoms with Gasteiger partial charge in [0.15, 0.2) is 0 Å². The summed E-state index contributed by atoms with van der Waals surface area (Å²) in [6.07, 6.45) is 4.93. The average molecular weight is 241 g/mol. The molecule has 1 unspecified atom stereocenters. The second-order valence-electron chi connectivity index (χ2n) is 3.41. The quantitative estimate of drug-likeness (QED) is 0.794. The van der Waals surface area contributed by atoms with E-state index < -0.39 is 0 Å². The Balaban J connectivity index is 2.38. The van der Waals surface area contributed by atoms with Gasteiger partial charge in [-0.1, -0.05) is 6.92 Å². The highest BCUT2D eigenvalue weighted by molar-refractivity contribution is 7.99. The predicted octanol–water partition coefficient (Wildman–Crippen LogP) is 2.43. The van der Waals surface area contributed by atoms with Crippen molar-refractivity contribution in [3.05, 3.63) is 12.3 Å². The third-order valence-corrected chi connectivity index (χ3v) is 3.20. The molecule has 5 heteroatoms. The summed E-state index contributed by atoms with van der Waals surface area (Å²) in [4.78, 5) is 8.37. The molecular weight excluding hydrogens is 222 g/mol. The standard InChI is InChI=1S/C11H19N3OS/c1-4-15-10-6-8-13-11(14-10)12-7-5-9(2)16-3/h6,8-9H,4-5,7H2,1-3H3,(H,12,13,14). The fourth-order valence-corrected chi connectivity index (χ4v) is 1.51. The van der Waals surface area contributed by atoms with Crippen molar-refractivity contribution >= 4 is 17.7 Å². The number of nitrogens with zero attached hydrogens (tertiary/aromatic N) is 2. The summed E-state index contributed by atoms with van der Waals surface area (Å²) in [6, 6.07) is 1.76. The fourth-order valence-electron chi connectivity index (χ4n) is 1.16. The molecular formula is C11H19N3OS. The van der Waals surface area contributed by atoms with Crippen LogP contribution in [0.5, 0.6) is 5.88 Å². The maximum Gasteiger partial charge on any atom is 0.225 e. The smallest absolute Gasteiger partial charge is 0.225 e. The van der Waals surface area contributed by atoms with E-state index >= 15 is 0 Å². The van der Waals surface area contributed by atoms with Gasteiger partial charge >= 0.3 is 0 Å². The Morgan fingerprint density at radius 2 is 2.38 bits per heavy atom. The van der Waals surface area contributed by atoms with Crippen molar-refractivity contribution in [3.63, 3.8) is 0 Å². The van der Waals surface area contributed by atoms with Gasteiger partial charge in [0.25, 0.3) is 0 Å². The normalized spacial score (nSPS) is 12.2. The molecule has 0 saturated carbocycles. The summed E-state index contributed by atoms with van der Waals surface area (Å²) in [6.45, 7) is 5.66. The summed E-state index contributed by atoms with van der Waals surface area (Å²) in [5.74, 6) is 1.26. The summed E-state index contributed by atoms with van der Waals surface area (Å²) in [5.41, 5.74) is 0. The zero-order valence-electron chi connectivity index (χ0n) is 10.1. The van der Waals surface area contributed by atoms with Crippen LogP contribution in [0.3, 0.4) is 0 Å². The van der Waals surface area contributed by atoms with Crippen molar-refractivity contribution in [2.24, 2.45) is 0 Å². The largest absolute Gasteiger partial charge is 0.478 e. The van der Waals surface area contributed by atoms with Crippen LogP contribution >= 0.6 is 11.8 Å². The van der Waals surface area contributed by atoms with Crippen molar-refractivity contribution in [3.8, 4) is 5.88 Å². The Bertz CT molecular complexity index is 309. The number of rotatable bonds is 7. The van der Waals surface area contributed by atoms with Gasteiger partial charge < -0.3 is 10.1 Å². The molecule has 4 nitrogen and oxygen atoms in total. The van der Waals surface area contributed by atoms with Crippen LogP contribution in [-0.4, -0.2) is 34.6 Å². The molecule has 1 aromatic heterocycles. The van der Waals surface area contributed by atoms with E-state index in [1.807, 2.05) is 18.7 Å². The summed E-state index contributed by atoms with van der Waals surface area (Å²) >= 11 is 1.87. The third kappa shape index (κ3) is 4.70. The van der Waals surface area contributed by atoms with Crippen molar-refractivity contribution in [2.45, 2.75) is 25.5 Å². The summed E-state index contributed by atoms with van der Waals surface area (Å²) < 4.78 is 5.30. The molecule has 1 atom stereocenters. The molecule has 0 saturated heterocycles. The number of anilines is 1. The second-order valence-corrected chi connectivity index (χ2v) is 4.69. The van der Waals surface area contributed by atoms with Gasteiger partial charge in [-0.05, 0) is 19.6 Å². The molecule has 0 aliphatic carbocycles. The Morgan fingerprint density at radius 1 is 1.56 bits per heavy atom. The SMILES string of the molecule is CCOc1ccnc(NCCC(C)SC)n1. The minimum Gasteiger partial charge on any atom is -0.478 e. The van der Waals surface area contributed by atoms with Crippen LogP contribution in [0.1, 0.15) is 20.3 Å². The highest BCUT2D eigenvalue weighted by Gasteiger charge is 2.01. The molecule has 0 aliphatic heterocycles. The van der Waals surface area contributed by atoms with E-state index in [0.29, 0.717) is 23.7 Å². The van der Waals surface area contributed by atoms with E-state index in [4.69, 9.17) is 4.74 Å². The molecule has 16 heavy (non-hydrogen) atoms. The lowest BCUT2D eigenvalue weighted by molar-refractivity contribution is 0.326. The lowest BCUT2D eigenvalue weighted by Gasteiger charge is -2.09. The van der Waals surface area contributed by atoms with E-state index in [9.17, 15) is 0 Å². The van der Waals surface area contributed by atoms with E-state index in [2.05, 4.69) is 28.5 Å². The molecule has 1 rings (SSSR count). The van der Waals surface area contributed by atoms with Gasteiger partial charge in [0.05, 0.1) is 6.61 Å². The van der Waals surface area contributed by atoms with Crippen LogP contribution in [0.2, 0.25) is 0 Å².